The van der Waals surface area contributed by atoms with Gasteiger partial charge in [-0.1, -0.05) is 63.1 Å². The fourth-order valence-corrected chi connectivity index (χ4v) is 2.93. The zero-order chi connectivity index (χ0) is 18.1. The van der Waals surface area contributed by atoms with Crippen LogP contribution >= 0.6 is 0 Å². The monoisotopic (exact) mass is 327 g/mol. The normalized spacial score (nSPS) is 12.9. The van der Waals surface area contributed by atoms with Crippen LogP contribution in [0.1, 0.15) is 69.1 Å². The lowest BCUT2D eigenvalue weighted by molar-refractivity contribution is -0.113. The molecule has 0 saturated carbocycles. The van der Waals surface area contributed by atoms with Crippen LogP contribution in [0.2, 0.25) is 0 Å². The van der Waals surface area contributed by atoms with E-state index in [1.54, 1.807) is 0 Å². The van der Waals surface area contributed by atoms with Gasteiger partial charge in [0.15, 0.2) is 5.78 Å². The summed E-state index contributed by atoms with van der Waals surface area (Å²) in [6.07, 6.45) is 7.73. The van der Waals surface area contributed by atoms with Crippen LogP contribution < -0.4 is 5.73 Å². The van der Waals surface area contributed by atoms with Crippen molar-refractivity contribution in [3.63, 3.8) is 0 Å². The molecule has 1 rings (SSSR count). The van der Waals surface area contributed by atoms with Crippen molar-refractivity contribution in [1.82, 2.24) is 0 Å². The van der Waals surface area contributed by atoms with Crippen LogP contribution in [-0.4, -0.2) is 5.78 Å². The lowest BCUT2D eigenvalue weighted by Gasteiger charge is -2.12. The van der Waals surface area contributed by atoms with Crippen molar-refractivity contribution in [1.29, 1.82) is 0 Å². The highest BCUT2D eigenvalue weighted by Gasteiger charge is 2.13. The summed E-state index contributed by atoms with van der Waals surface area (Å²) < 4.78 is 0. The Bertz CT molecular complexity index is 598. The third-order valence-corrected chi connectivity index (χ3v) is 4.55. The fraction of sp³-hybridized carbons (Fsp3) is 0.500. The third-order valence-electron chi connectivity index (χ3n) is 4.55. The Morgan fingerprint density at radius 1 is 1.25 bits per heavy atom. The van der Waals surface area contributed by atoms with Gasteiger partial charge in [-0.25, -0.2) is 0 Å². The van der Waals surface area contributed by atoms with Gasteiger partial charge in [-0.15, -0.1) is 0 Å². The van der Waals surface area contributed by atoms with Gasteiger partial charge in [0.05, 0.1) is 0 Å². The summed E-state index contributed by atoms with van der Waals surface area (Å²) in [5, 5.41) is 0. The summed E-state index contributed by atoms with van der Waals surface area (Å²) in [7, 11) is 0. The van der Waals surface area contributed by atoms with Crippen molar-refractivity contribution in [2.24, 2.45) is 11.7 Å². The molecule has 1 atom stereocenters. The molecular formula is C22H33NO. The Balaban J connectivity index is 2.59. The van der Waals surface area contributed by atoms with Crippen LogP contribution in [0, 0.1) is 19.8 Å². The molecule has 0 aliphatic carbocycles. The number of ketones is 1. The van der Waals surface area contributed by atoms with E-state index in [1.807, 2.05) is 0 Å². The van der Waals surface area contributed by atoms with Crippen molar-refractivity contribution in [2.45, 2.75) is 66.2 Å². The largest absolute Gasteiger partial charge is 0.402 e. The number of carbonyl (C=O) groups is 1. The van der Waals surface area contributed by atoms with Gasteiger partial charge in [-0.2, -0.15) is 0 Å². The van der Waals surface area contributed by atoms with E-state index in [9.17, 15) is 4.79 Å². The van der Waals surface area contributed by atoms with Crippen molar-refractivity contribution in [3.05, 3.63) is 53.2 Å². The van der Waals surface area contributed by atoms with Crippen molar-refractivity contribution in [2.75, 3.05) is 0 Å². The summed E-state index contributed by atoms with van der Waals surface area (Å²) in [4.78, 5) is 12.7. The first-order chi connectivity index (χ1) is 11.4. The van der Waals surface area contributed by atoms with Crippen LogP contribution in [-0.2, 0) is 4.79 Å². The van der Waals surface area contributed by atoms with Gasteiger partial charge >= 0.3 is 0 Å². The van der Waals surface area contributed by atoms with E-state index in [0.29, 0.717) is 12.3 Å². The Kier molecular flexibility index (Phi) is 8.53. The highest BCUT2D eigenvalue weighted by molar-refractivity contribution is 6.21. The predicted molar refractivity (Wildman–Crippen MR) is 105 cm³/mol. The molecule has 0 aliphatic heterocycles. The Hall–Kier alpha value is -1.83. The number of benzene rings is 1. The summed E-state index contributed by atoms with van der Waals surface area (Å²) >= 11 is 0. The van der Waals surface area contributed by atoms with Gasteiger partial charge in [0.25, 0.3) is 0 Å². The highest BCUT2D eigenvalue weighted by atomic mass is 16.1. The average molecular weight is 328 g/mol. The molecule has 2 heteroatoms. The number of allylic oxidation sites excluding steroid dienone is 3. The first kappa shape index (κ1) is 20.2. The van der Waals surface area contributed by atoms with E-state index in [1.165, 1.54) is 11.1 Å². The van der Waals surface area contributed by atoms with Gasteiger partial charge in [0.2, 0.25) is 0 Å². The minimum absolute atomic E-state index is 0.264. The van der Waals surface area contributed by atoms with Gasteiger partial charge < -0.3 is 5.73 Å². The molecular weight excluding hydrogens is 294 g/mol. The standard InChI is InChI=1S/C22H33NO/c1-6-10-21(20-14-13-16(2)15-18(20)4)22(24)12-9-7-8-11-17(3)19(5)23/h10,13-15,17H,5-9,11-12,23H2,1-4H3/b21-10+. The SMILES string of the molecule is C=C(N)C(C)CCCCCC(=O)/C(=C/CC)c1ccc(C)cc1C. The molecule has 2 N–H and O–H groups in total. The number of aryl methyl sites for hydroxylation is 2. The maximum absolute atomic E-state index is 12.7. The average Bonchev–Trinajstić information content (AvgIpc) is 2.52. The number of unbranched alkanes of at least 4 members (excludes halogenated alkanes) is 2. The third kappa shape index (κ3) is 6.35. The first-order valence-electron chi connectivity index (χ1n) is 9.12. The summed E-state index contributed by atoms with van der Waals surface area (Å²) in [5.74, 6) is 0.631. The predicted octanol–water partition coefficient (Wildman–Crippen LogP) is 5.72. The first-order valence-corrected chi connectivity index (χ1v) is 9.12. The maximum atomic E-state index is 12.7. The smallest absolute Gasteiger partial charge is 0.163 e. The van der Waals surface area contributed by atoms with Crippen LogP contribution in [0.15, 0.2) is 36.6 Å². The summed E-state index contributed by atoms with van der Waals surface area (Å²) in [6, 6.07) is 6.31. The molecule has 0 bridgehead atoms. The zero-order valence-corrected chi connectivity index (χ0v) is 15.8. The number of rotatable bonds is 10. The van der Waals surface area contributed by atoms with Crippen molar-refractivity contribution >= 4 is 11.4 Å². The van der Waals surface area contributed by atoms with E-state index in [2.05, 4.69) is 58.5 Å². The van der Waals surface area contributed by atoms with E-state index < -0.39 is 0 Å². The number of nitrogens with two attached hydrogens (primary N) is 1. The van der Waals surface area contributed by atoms with Gasteiger partial charge in [0, 0.05) is 17.7 Å². The molecule has 0 spiro atoms. The lowest BCUT2D eigenvalue weighted by Crippen LogP contribution is -2.07. The molecule has 1 aromatic carbocycles. The van der Waals surface area contributed by atoms with Crippen LogP contribution in [0.3, 0.4) is 0 Å². The van der Waals surface area contributed by atoms with Gasteiger partial charge in [0.1, 0.15) is 0 Å². The van der Waals surface area contributed by atoms with Crippen LogP contribution in [0.4, 0.5) is 0 Å². The Morgan fingerprint density at radius 3 is 2.54 bits per heavy atom. The molecule has 24 heavy (non-hydrogen) atoms. The number of hydrogen-bond acceptors (Lipinski definition) is 2. The molecule has 132 valence electrons. The molecule has 0 heterocycles. The highest BCUT2D eigenvalue weighted by Crippen LogP contribution is 2.24. The van der Waals surface area contributed by atoms with Gasteiger partial charge in [-0.05, 0) is 50.2 Å². The minimum Gasteiger partial charge on any atom is -0.402 e. The van der Waals surface area contributed by atoms with E-state index >= 15 is 0 Å². The van der Waals surface area contributed by atoms with E-state index in [0.717, 1.165) is 48.9 Å². The Morgan fingerprint density at radius 2 is 1.96 bits per heavy atom. The topological polar surface area (TPSA) is 43.1 Å². The molecule has 1 aromatic rings. The minimum atomic E-state index is 0.264. The van der Waals surface area contributed by atoms with E-state index in [4.69, 9.17) is 5.73 Å². The summed E-state index contributed by atoms with van der Waals surface area (Å²) in [5.41, 5.74) is 10.8. The second-order valence-corrected chi connectivity index (χ2v) is 6.84. The molecule has 0 amide bonds. The number of hydrogen-bond donors (Lipinski definition) is 1. The molecule has 0 radical (unpaired) electrons. The Labute approximate surface area is 147 Å². The molecule has 1 unspecified atom stereocenters. The fourth-order valence-electron chi connectivity index (χ4n) is 2.93. The molecule has 0 aliphatic rings. The molecule has 0 fully saturated rings. The number of Topliss-reactive ketones (excluding diaryl/α,β-unsaturated/α-hetero) is 1. The second kappa shape index (κ2) is 10.1. The lowest BCUT2D eigenvalue weighted by atomic mass is 9.92. The molecule has 2 nitrogen and oxygen atoms in total. The summed E-state index contributed by atoms with van der Waals surface area (Å²) in [6.45, 7) is 12.1. The van der Waals surface area contributed by atoms with Crippen molar-refractivity contribution < 1.29 is 4.79 Å². The maximum Gasteiger partial charge on any atom is 0.163 e. The molecule has 0 aromatic heterocycles. The zero-order valence-electron chi connectivity index (χ0n) is 15.8. The molecule has 0 saturated heterocycles. The van der Waals surface area contributed by atoms with E-state index in [-0.39, 0.29) is 5.78 Å². The second-order valence-electron chi connectivity index (χ2n) is 6.84. The number of carbonyl (C=O) groups excluding carboxylic acids is 1. The van der Waals surface area contributed by atoms with Gasteiger partial charge in [-0.3, -0.25) is 4.79 Å². The van der Waals surface area contributed by atoms with Crippen LogP contribution in [0.25, 0.3) is 5.57 Å². The quantitative estimate of drug-likeness (QED) is 0.441. The van der Waals surface area contributed by atoms with Crippen molar-refractivity contribution in [3.8, 4) is 0 Å². The van der Waals surface area contributed by atoms with Crippen LogP contribution in [0.5, 0.6) is 0 Å².